The molecule has 3 rings (SSSR count). The Hall–Kier alpha value is -2.64. The molecule has 0 radical (unpaired) electrons. The maximum absolute atomic E-state index is 13.2. The lowest BCUT2D eigenvalue weighted by atomic mass is 10.0. The van der Waals surface area contributed by atoms with E-state index in [-0.39, 0.29) is 4.90 Å². The van der Waals surface area contributed by atoms with Gasteiger partial charge in [0.15, 0.2) is 0 Å². The van der Waals surface area contributed by atoms with Gasteiger partial charge in [-0.2, -0.15) is 5.10 Å². The summed E-state index contributed by atoms with van der Waals surface area (Å²) in [5, 5.41) is 14.4. The minimum atomic E-state index is -3.64. The molecule has 0 amide bonds. The minimum absolute atomic E-state index is 0.280. The second-order valence-corrected chi connectivity index (χ2v) is 9.36. The summed E-state index contributed by atoms with van der Waals surface area (Å²) in [6.07, 6.45) is 5.06. The number of sulfonamides is 1. The van der Waals surface area contributed by atoms with Crippen LogP contribution in [-0.2, 0) is 15.6 Å². The number of aliphatic hydroxyl groups is 1. The van der Waals surface area contributed by atoms with Crippen molar-refractivity contribution in [1.82, 2.24) is 9.78 Å². The average molecular weight is 414 g/mol. The van der Waals surface area contributed by atoms with E-state index in [1.165, 1.54) is 4.31 Å². The Morgan fingerprint density at radius 3 is 2.28 bits per heavy atom. The number of aromatic nitrogens is 2. The van der Waals surface area contributed by atoms with Crippen LogP contribution >= 0.6 is 0 Å². The van der Waals surface area contributed by atoms with Gasteiger partial charge in [-0.15, -0.1) is 0 Å². The van der Waals surface area contributed by atoms with Gasteiger partial charge in [-0.3, -0.25) is 4.31 Å². The Morgan fingerprint density at radius 2 is 1.72 bits per heavy atom. The number of hydrogen-bond acceptors (Lipinski definition) is 4. The van der Waals surface area contributed by atoms with Crippen LogP contribution in [0.4, 0.5) is 5.69 Å². The zero-order chi connectivity index (χ0) is 21.1. The third-order valence-corrected chi connectivity index (χ3v) is 6.58. The van der Waals surface area contributed by atoms with E-state index in [0.717, 1.165) is 18.5 Å². The molecule has 0 atom stereocenters. The van der Waals surface area contributed by atoms with E-state index in [9.17, 15) is 13.5 Å². The van der Waals surface area contributed by atoms with Gasteiger partial charge in [-0.1, -0.05) is 31.5 Å². The zero-order valence-corrected chi connectivity index (χ0v) is 17.8. The molecule has 0 spiro atoms. The van der Waals surface area contributed by atoms with Gasteiger partial charge in [0.25, 0.3) is 10.0 Å². The van der Waals surface area contributed by atoms with E-state index in [1.807, 2.05) is 19.1 Å². The maximum atomic E-state index is 13.2. The smallest absolute Gasteiger partial charge is 0.264 e. The first-order chi connectivity index (χ1) is 13.7. The fourth-order valence-electron chi connectivity index (χ4n) is 2.96. The molecule has 0 bridgehead atoms. The highest BCUT2D eigenvalue weighted by molar-refractivity contribution is 7.92. The molecular weight excluding hydrogens is 386 g/mol. The highest BCUT2D eigenvalue weighted by Gasteiger charge is 2.24. The van der Waals surface area contributed by atoms with Crippen LogP contribution in [0.15, 0.2) is 71.9 Å². The molecule has 154 valence electrons. The van der Waals surface area contributed by atoms with E-state index in [0.29, 0.717) is 17.8 Å². The van der Waals surface area contributed by atoms with Crippen LogP contribution in [-0.4, -0.2) is 29.8 Å². The van der Waals surface area contributed by atoms with Crippen molar-refractivity contribution in [2.45, 2.75) is 44.1 Å². The Labute approximate surface area is 172 Å². The summed E-state index contributed by atoms with van der Waals surface area (Å²) in [5.74, 6) is 0. The second kappa shape index (κ2) is 8.39. The van der Waals surface area contributed by atoms with Crippen molar-refractivity contribution in [3.8, 4) is 5.69 Å². The van der Waals surface area contributed by atoms with E-state index in [2.05, 4.69) is 5.10 Å². The number of nitrogens with zero attached hydrogens (tertiary/aromatic N) is 3. The Morgan fingerprint density at radius 1 is 1.07 bits per heavy atom. The third kappa shape index (κ3) is 4.68. The van der Waals surface area contributed by atoms with Crippen molar-refractivity contribution in [3.63, 3.8) is 0 Å². The highest BCUT2D eigenvalue weighted by Crippen LogP contribution is 2.26. The van der Waals surface area contributed by atoms with Crippen LogP contribution in [0, 0.1) is 0 Å². The molecule has 6 nitrogen and oxygen atoms in total. The molecule has 29 heavy (non-hydrogen) atoms. The predicted molar refractivity (Wildman–Crippen MR) is 115 cm³/mol. The predicted octanol–water partition coefficient (Wildman–Crippen LogP) is 4.10. The van der Waals surface area contributed by atoms with E-state index in [4.69, 9.17) is 0 Å². The number of rotatable bonds is 8. The standard InChI is InChI=1S/C22H27N3O3S/c1-4-5-15-25(29(27,28)21-9-7-6-8-10-21)20-13-11-19(12-14-20)24-17-18(16-23-24)22(2,3)26/h6-14,16-17,26H,4-5,15H2,1-3H3. The van der Waals surface area contributed by atoms with Gasteiger partial charge in [-0.25, -0.2) is 13.1 Å². The summed E-state index contributed by atoms with van der Waals surface area (Å²) in [6, 6.07) is 15.7. The fraction of sp³-hybridized carbons (Fsp3) is 0.318. The molecule has 0 saturated heterocycles. The summed E-state index contributed by atoms with van der Waals surface area (Å²) in [7, 11) is -3.64. The molecule has 0 aliphatic rings. The van der Waals surface area contributed by atoms with Gasteiger partial charge in [0.2, 0.25) is 0 Å². The molecule has 0 fully saturated rings. The van der Waals surface area contributed by atoms with Crippen LogP contribution < -0.4 is 4.31 Å². The minimum Gasteiger partial charge on any atom is -0.386 e. The normalized spacial score (nSPS) is 12.1. The molecule has 0 aliphatic heterocycles. The van der Waals surface area contributed by atoms with Crippen LogP contribution in [0.3, 0.4) is 0 Å². The Kier molecular flexibility index (Phi) is 6.10. The van der Waals surface area contributed by atoms with Crippen molar-refractivity contribution in [1.29, 1.82) is 0 Å². The van der Waals surface area contributed by atoms with Gasteiger partial charge >= 0.3 is 0 Å². The summed E-state index contributed by atoms with van der Waals surface area (Å²) in [5.41, 5.74) is 1.13. The molecule has 1 aromatic heterocycles. The van der Waals surface area contributed by atoms with Crippen molar-refractivity contribution in [2.24, 2.45) is 0 Å². The number of hydrogen-bond donors (Lipinski definition) is 1. The SMILES string of the molecule is CCCCN(c1ccc(-n2cc(C(C)(C)O)cn2)cc1)S(=O)(=O)c1ccccc1. The molecule has 2 aromatic carbocycles. The Bertz CT molecular complexity index is 1040. The van der Waals surface area contributed by atoms with Crippen molar-refractivity contribution >= 4 is 15.7 Å². The molecule has 7 heteroatoms. The largest absolute Gasteiger partial charge is 0.386 e. The number of benzene rings is 2. The van der Waals surface area contributed by atoms with Crippen molar-refractivity contribution in [2.75, 3.05) is 10.8 Å². The summed E-state index contributed by atoms with van der Waals surface area (Å²) in [4.78, 5) is 0.280. The van der Waals surface area contributed by atoms with Crippen LogP contribution in [0.2, 0.25) is 0 Å². The fourth-order valence-corrected chi connectivity index (χ4v) is 4.49. The Balaban J connectivity index is 1.93. The van der Waals surface area contributed by atoms with Gasteiger partial charge in [0, 0.05) is 18.3 Å². The first-order valence-electron chi connectivity index (χ1n) is 9.69. The van der Waals surface area contributed by atoms with Crippen LogP contribution in [0.1, 0.15) is 39.2 Å². The first-order valence-corrected chi connectivity index (χ1v) is 11.1. The molecule has 0 aliphatic carbocycles. The first kappa shape index (κ1) is 21.1. The topological polar surface area (TPSA) is 75.4 Å². The average Bonchev–Trinajstić information content (AvgIpc) is 3.20. The van der Waals surface area contributed by atoms with Crippen molar-refractivity contribution in [3.05, 3.63) is 72.6 Å². The summed E-state index contributed by atoms with van der Waals surface area (Å²) in [6.45, 7) is 5.86. The van der Waals surface area contributed by atoms with Gasteiger partial charge in [0.1, 0.15) is 0 Å². The molecule has 3 aromatic rings. The zero-order valence-electron chi connectivity index (χ0n) is 17.0. The monoisotopic (exact) mass is 413 g/mol. The number of unbranched alkanes of at least 4 members (excludes halogenated alkanes) is 1. The van der Waals surface area contributed by atoms with Gasteiger partial charge < -0.3 is 5.11 Å². The lowest BCUT2D eigenvalue weighted by molar-refractivity contribution is 0.0786. The molecular formula is C22H27N3O3S. The second-order valence-electron chi connectivity index (χ2n) is 7.49. The van der Waals surface area contributed by atoms with E-state index < -0.39 is 15.6 Å². The summed E-state index contributed by atoms with van der Waals surface area (Å²) < 4.78 is 29.5. The van der Waals surface area contributed by atoms with Gasteiger partial charge in [-0.05, 0) is 56.7 Å². The van der Waals surface area contributed by atoms with E-state index in [1.54, 1.807) is 73.4 Å². The van der Waals surface area contributed by atoms with Crippen LogP contribution in [0.25, 0.3) is 5.69 Å². The summed E-state index contributed by atoms with van der Waals surface area (Å²) >= 11 is 0. The van der Waals surface area contributed by atoms with Gasteiger partial charge in [0.05, 0.1) is 28.1 Å². The quantitative estimate of drug-likeness (QED) is 0.603. The molecule has 0 unspecified atom stereocenters. The highest BCUT2D eigenvalue weighted by atomic mass is 32.2. The third-order valence-electron chi connectivity index (χ3n) is 4.74. The maximum Gasteiger partial charge on any atom is 0.264 e. The molecule has 1 heterocycles. The lowest BCUT2D eigenvalue weighted by Crippen LogP contribution is -2.32. The van der Waals surface area contributed by atoms with E-state index >= 15 is 0 Å². The number of anilines is 1. The molecule has 0 saturated carbocycles. The molecule has 1 N–H and O–H groups in total. The van der Waals surface area contributed by atoms with Crippen LogP contribution in [0.5, 0.6) is 0 Å². The van der Waals surface area contributed by atoms with Crippen molar-refractivity contribution < 1.29 is 13.5 Å². The lowest BCUT2D eigenvalue weighted by Gasteiger charge is -2.24.